The standard InChI is InChI=1S/C49H35NO/c1-49(2)44-16-7-6-14-40(44)41-29-27-39(31-45(41)49)50(37-23-18-33(19-24-37)32-10-4-3-5-11-32)38-25-20-34(21-26-38)36-22-28-42-43-15-8-12-35-13-9-17-46(48(35)43)51-47(42)30-36/h3-31H,1-2H3. The Morgan fingerprint density at radius 1 is 0.392 bits per heavy atom. The zero-order chi connectivity index (χ0) is 34.1. The lowest BCUT2D eigenvalue weighted by Gasteiger charge is -2.28. The summed E-state index contributed by atoms with van der Waals surface area (Å²) in [6, 6.07) is 63.6. The van der Waals surface area contributed by atoms with Crippen LogP contribution < -0.4 is 9.64 Å². The van der Waals surface area contributed by atoms with Crippen molar-refractivity contribution in [3.05, 3.63) is 187 Å². The molecule has 8 aromatic carbocycles. The molecule has 0 amide bonds. The van der Waals surface area contributed by atoms with Crippen LogP contribution in [0.2, 0.25) is 0 Å². The van der Waals surface area contributed by atoms with Crippen molar-refractivity contribution in [3.63, 3.8) is 0 Å². The SMILES string of the molecule is CC1(C)c2ccccc2-c2ccc(N(c3ccc(-c4ccccc4)cc3)c3ccc(-c4ccc5c(c4)Oc4cccc6cccc-5c46)cc3)cc21. The Kier molecular flexibility index (Phi) is 6.56. The van der Waals surface area contributed by atoms with E-state index < -0.39 is 0 Å². The largest absolute Gasteiger partial charge is 0.456 e. The van der Waals surface area contributed by atoms with Crippen LogP contribution in [0.15, 0.2) is 176 Å². The van der Waals surface area contributed by atoms with E-state index in [4.69, 9.17) is 4.74 Å². The Morgan fingerprint density at radius 3 is 1.73 bits per heavy atom. The van der Waals surface area contributed by atoms with Gasteiger partial charge in [0.05, 0.1) is 0 Å². The summed E-state index contributed by atoms with van der Waals surface area (Å²) in [7, 11) is 0. The first-order chi connectivity index (χ1) is 25.0. The fraction of sp³-hybridized carbons (Fsp3) is 0.0612. The van der Waals surface area contributed by atoms with Crippen molar-refractivity contribution in [3.8, 4) is 56.0 Å². The number of nitrogens with zero attached hydrogens (tertiary/aromatic N) is 1. The summed E-state index contributed by atoms with van der Waals surface area (Å²) in [5.74, 6) is 1.81. The molecule has 2 aliphatic rings. The van der Waals surface area contributed by atoms with E-state index in [9.17, 15) is 0 Å². The van der Waals surface area contributed by atoms with Gasteiger partial charge in [0.15, 0.2) is 0 Å². The molecule has 0 N–H and O–H groups in total. The van der Waals surface area contributed by atoms with Crippen LogP contribution in [-0.2, 0) is 5.41 Å². The van der Waals surface area contributed by atoms with Crippen LogP contribution in [0.25, 0.3) is 55.3 Å². The van der Waals surface area contributed by atoms with E-state index in [0.29, 0.717) is 0 Å². The van der Waals surface area contributed by atoms with Gasteiger partial charge in [0.1, 0.15) is 11.5 Å². The lowest BCUT2D eigenvalue weighted by Crippen LogP contribution is -2.16. The van der Waals surface area contributed by atoms with Crippen LogP contribution in [0.1, 0.15) is 25.0 Å². The van der Waals surface area contributed by atoms with Crippen LogP contribution >= 0.6 is 0 Å². The minimum absolute atomic E-state index is 0.0881. The van der Waals surface area contributed by atoms with Crippen LogP contribution in [-0.4, -0.2) is 0 Å². The van der Waals surface area contributed by atoms with Gasteiger partial charge in [-0.15, -0.1) is 0 Å². The number of rotatable bonds is 5. The van der Waals surface area contributed by atoms with Crippen LogP contribution in [0.4, 0.5) is 17.1 Å². The zero-order valence-electron chi connectivity index (χ0n) is 28.6. The van der Waals surface area contributed by atoms with Crippen molar-refractivity contribution in [2.75, 3.05) is 4.90 Å². The molecule has 0 saturated carbocycles. The molecule has 0 radical (unpaired) electrons. The van der Waals surface area contributed by atoms with Gasteiger partial charge < -0.3 is 9.64 Å². The molecule has 1 aliphatic carbocycles. The number of anilines is 3. The monoisotopic (exact) mass is 653 g/mol. The Balaban J connectivity index is 1.05. The second kappa shape index (κ2) is 11.3. The molecule has 0 saturated heterocycles. The summed E-state index contributed by atoms with van der Waals surface area (Å²) in [5, 5.41) is 2.38. The molecule has 0 atom stereocenters. The van der Waals surface area contributed by atoms with Crippen molar-refractivity contribution in [2.45, 2.75) is 19.3 Å². The molecule has 0 unspecified atom stereocenters. The van der Waals surface area contributed by atoms with E-state index in [1.54, 1.807) is 0 Å². The molecule has 1 aliphatic heterocycles. The van der Waals surface area contributed by atoms with Gasteiger partial charge in [0.25, 0.3) is 0 Å². The van der Waals surface area contributed by atoms with Gasteiger partial charge in [-0.3, -0.25) is 0 Å². The fourth-order valence-corrected chi connectivity index (χ4v) is 8.26. The van der Waals surface area contributed by atoms with Gasteiger partial charge in [-0.05, 0) is 110 Å². The lowest BCUT2D eigenvalue weighted by molar-refractivity contribution is 0.487. The molecule has 0 spiro atoms. The summed E-state index contributed by atoms with van der Waals surface area (Å²) in [6.07, 6.45) is 0. The van der Waals surface area contributed by atoms with Crippen LogP contribution in [0.3, 0.4) is 0 Å². The maximum atomic E-state index is 6.50. The molecular weight excluding hydrogens is 619 g/mol. The molecule has 8 aromatic rings. The van der Waals surface area contributed by atoms with Gasteiger partial charge in [-0.2, -0.15) is 0 Å². The van der Waals surface area contributed by atoms with Gasteiger partial charge in [0.2, 0.25) is 0 Å². The highest BCUT2D eigenvalue weighted by Crippen LogP contribution is 2.51. The Labute approximate surface area is 298 Å². The third-order valence-electron chi connectivity index (χ3n) is 10.9. The summed E-state index contributed by atoms with van der Waals surface area (Å²) in [4.78, 5) is 2.38. The van der Waals surface area contributed by atoms with Gasteiger partial charge in [-0.25, -0.2) is 0 Å². The number of ether oxygens (including phenoxy) is 1. The van der Waals surface area contributed by atoms with Gasteiger partial charge in [-0.1, -0.05) is 135 Å². The maximum Gasteiger partial charge on any atom is 0.135 e. The van der Waals surface area contributed by atoms with Gasteiger partial charge >= 0.3 is 0 Å². The average molecular weight is 654 g/mol. The number of hydrogen-bond acceptors (Lipinski definition) is 2. The van der Waals surface area contributed by atoms with Crippen molar-refractivity contribution in [1.29, 1.82) is 0 Å². The third kappa shape index (κ3) is 4.71. The summed E-state index contributed by atoms with van der Waals surface area (Å²) < 4.78 is 6.50. The maximum absolute atomic E-state index is 6.50. The Hall–Kier alpha value is -6.38. The molecule has 10 rings (SSSR count). The smallest absolute Gasteiger partial charge is 0.135 e. The van der Waals surface area contributed by atoms with Gasteiger partial charge in [0, 0.05) is 33.4 Å². The minimum atomic E-state index is -0.0881. The number of fused-ring (bicyclic) bond motifs is 5. The average Bonchev–Trinajstić information content (AvgIpc) is 3.41. The molecule has 2 heteroatoms. The van der Waals surface area contributed by atoms with E-state index in [1.807, 2.05) is 0 Å². The topological polar surface area (TPSA) is 12.5 Å². The van der Waals surface area contributed by atoms with Crippen molar-refractivity contribution >= 4 is 27.8 Å². The predicted octanol–water partition coefficient (Wildman–Crippen LogP) is 13.7. The Bertz CT molecular complexity index is 2610. The van der Waals surface area contributed by atoms with Crippen molar-refractivity contribution < 1.29 is 4.74 Å². The second-order valence-electron chi connectivity index (χ2n) is 14.2. The second-order valence-corrected chi connectivity index (χ2v) is 14.2. The molecule has 0 fully saturated rings. The normalized spacial score (nSPS) is 13.2. The molecule has 0 bridgehead atoms. The molecular formula is C49H35NO. The quantitative estimate of drug-likeness (QED) is 0.183. The highest BCUT2D eigenvalue weighted by Gasteiger charge is 2.35. The summed E-state index contributed by atoms with van der Waals surface area (Å²) in [5.41, 5.74) is 15.7. The van der Waals surface area contributed by atoms with Crippen molar-refractivity contribution in [2.24, 2.45) is 0 Å². The fourth-order valence-electron chi connectivity index (χ4n) is 8.26. The Morgan fingerprint density at radius 2 is 0.961 bits per heavy atom. The minimum Gasteiger partial charge on any atom is -0.456 e. The number of benzene rings is 8. The summed E-state index contributed by atoms with van der Waals surface area (Å²) >= 11 is 0. The molecule has 0 aromatic heterocycles. The zero-order valence-corrected chi connectivity index (χ0v) is 28.6. The first kappa shape index (κ1) is 29.5. The van der Waals surface area contributed by atoms with E-state index in [-0.39, 0.29) is 5.41 Å². The predicted molar refractivity (Wildman–Crippen MR) is 213 cm³/mol. The first-order valence-electron chi connectivity index (χ1n) is 17.7. The number of hydrogen-bond donors (Lipinski definition) is 0. The van der Waals surface area contributed by atoms with Crippen LogP contribution in [0, 0.1) is 0 Å². The highest BCUT2D eigenvalue weighted by atomic mass is 16.5. The summed E-state index contributed by atoms with van der Waals surface area (Å²) in [6.45, 7) is 4.69. The lowest BCUT2D eigenvalue weighted by atomic mass is 9.82. The first-order valence-corrected chi connectivity index (χ1v) is 17.7. The molecule has 242 valence electrons. The van der Waals surface area contributed by atoms with E-state index >= 15 is 0 Å². The molecule has 2 nitrogen and oxygen atoms in total. The van der Waals surface area contributed by atoms with E-state index in [1.165, 1.54) is 49.7 Å². The van der Waals surface area contributed by atoms with E-state index in [0.717, 1.165) is 45.3 Å². The van der Waals surface area contributed by atoms with E-state index in [2.05, 4.69) is 195 Å². The van der Waals surface area contributed by atoms with Crippen LogP contribution in [0.5, 0.6) is 11.5 Å². The molecule has 51 heavy (non-hydrogen) atoms. The molecule has 1 heterocycles. The third-order valence-corrected chi connectivity index (χ3v) is 10.9. The highest BCUT2D eigenvalue weighted by molar-refractivity contribution is 6.04. The van der Waals surface area contributed by atoms with Crippen molar-refractivity contribution in [1.82, 2.24) is 0 Å².